The van der Waals surface area contributed by atoms with Crippen molar-refractivity contribution < 1.29 is 24.0 Å². The number of imide groups is 2. The summed E-state index contributed by atoms with van der Waals surface area (Å²) in [7, 11) is 0. The lowest BCUT2D eigenvalue weighted by atomic mass is 9.76. The smallest absolute Gasteiger partial charge is 0.262 e. The number of hydrogen-bond donors (Lipinski definition) is 1. The molecule has 58 heavy (non-hydrogen) atoms. The Kier molecular flexibility index (Phi) is 9.68. The predicted octanol–water partition coefficient (Wildman–Crippen LogP) is 4.45. The van der Waals surface area contributed by atoms with Crippen molar-refractivity contribution in [1.29, 1.82) is 5.26 Å². The molecule has 0 bridgehead atoms. The third kappa shape index (κ3) is 6.56. The molecule has 1 spiro atoms. The van der Waals surface area contributed by atoms with E-state index in [1.54, 1.807) is 12.1 Å². The highest BCUT2D eigenvalue weighted by Crippen LogP contribution is 2.47. The number of carbonyl (C=O) groups excluding carboxylic acids is 5. The van der Waals surface area contributed by atoms with E-state index in [2.05, 4.69) is 50.0 Å². The van der Waals surface area contributed by atoms with Crippen LogP contribution in [0.15, 0.2) is 54.6 Å². The number of amides is 5. The van der Waals surface area contributed by atoms with Crippen molar-refractivity contribution in [2.24, 2.45) is 5.41 Å². The Morgan fingerprint density at radius 1 is 0.862 bits per heavy atom. The first-order valence-electron chi connectivity index (χ1n) is 20.4. The van der Waals surface area contributed by atoms with Gasteiger partial charge in [-0.2, -0.15) is 5.26 Å². The Hall–Kier alpha value is -5.45. The minimum absolute atomic E-state index is 0.0565. The second kappa shape index (κ2) is 14.7. The summed E-state index contributed by atoms with van der Waals surface area (Å²) >= 11 is 6.54. The van der Waals surface area contributed by atoms with Crippen LogP contribution in [0, 0.1) is 23.7 Å². The lowest BCUT2D eigenvalue weighted by molar-refractivity contribution is -0.136. The minimum Gasteiger partial charge on any atom is -0.371 e. The van der Waals surface area contributed by atoms with Gasteiger partial charge in [-0.05, 0) is 105 Å². The van der Waals surface area contributed by atoms with Crippen LogP contribution in [0.4, 0.5) is 17.1 Å². The van der Waals surface area contributed by atoms with E-state index >= 15 is 0 Å². The molecule has 0 saturated carbocycles. The number of benzene rings is 3. The lowest BCUT2D eigenvalue weighted by Gasteiger charge is -2.49. The summed E-state index contributed by atoms with van der Waals surface area (Å²) in [6.07, 6.45) is 3.54. The maximum atomic E-state index is 13.6. The number of piperazine rings is 1. The molecule has 3 aromatic rings. The Morgan fingerprint density at radius 3 is 2.24 bits per heavy atom. The average Bonchev–Trinajstić information content (AvgIpc) is 3.66. The number of anilines is 3. The van der Waals surface area contributed by atoms with Gasteiger partial charge in [-0.25, -0.2) is 0 Å². The first-order chi connectivity index (χ1) is 27.9. The maximum absolute atomic E-state index is 13.6. The van der Waals surface area contributed by atoms with Gasteiger partial charge in [-0.1, -0.05) is 11.6 Å². The Bertz CT molecular complexity index is 2250. The van der Waals surface area contributed by atoms with Crippen molar-refractivity contribution in [3.05, 3.63) is 87.4 Å². The van der Waals surface area contributed by atoms with Crippen LogP contribution in [0.3, 0.4) is 0 Å². The summed E-state index contributed by atoms with van der Waals surface area (Å²) in [5, 5.41) is 12.2. The van der Waals surface area contributed by atoms with E-state index in [1.165, 1.54) is 0 Å². The fraction of sp³-hybridized carbons (Fsp3) is 0.455. The number of halogens is 1. The van der Waals surface area contributed by atoms with E-state index in [0.29, 0.717) is 41.3 Å². The summed E-state index contributed by atoms with van der Waals surface area (Å²) in [6, 6.07) is 19.2. The fourth-order valence-electron chi connectivity index (χ4n) is 10.2. The van der Waals surface area contributed by atoms with Gasteiger partial charge in [0.15, 0.2) is 0 Å². The largest absolute Gasteiger partial charge is 0.371 e. The third-order valence-electron chi connectivity index (χ3n) is 13.6. The van der Waals surface area contributed by atoms with E-state index < -0.39 is 29.7 Å². The first-order valence-corrected chi connectivity index (χ1v) is 20.8. The molecule has 2 unspecified atom stereocenters. The molecule has 1 N–H and O–H groups in total. The molecule has 5 fully saturated rings. The van der Waals surface area contributed by atoms with Gasteiger partial charge in [0.05, 0.1) is 21.7 Å². The molecule has 0 aromatic heterocycles. The number of piperidine rings is 2. The van der Waals surface area contributed by atoms with Crippen LogP contribution in [-0.4, -0.2) is 121 Å². The molecule has 2 atom stereocenters. The maximum Gasteiger partial charge on any atom is 0.262 e. The molecule has 0 radical (unpaired) electrons. The average molecular weight is 803 g/mol. The normalized spacial score (nSPS) is 23.7. The van der Waals surface area contributed by atoms with Gasteiger partial charge in [0.1, 0.15) is 12.1 Å². The number of rotatable bonds is 6. The van der Waals surface area contributed by atoms with Gasteiger partial charge in [0, 0.05) is 100 Å². The molecule has 13 nitrogen and oxygen atoms in total. The summed E-state index contributed by atoms with van der Waals surface area (Å²) in [6.45, 7) is 11.6. The van der Waals surface area contributed by atoms with Crippen molar-refractivity contribution in [2.75, 3.05) is 73.6 Å². The van der Waals surface area contributed by atoms with E-state index in [0.717, 1.165) is 92.6 Å². The molecule has 14 heteroatoms. The van der Waals surface area contributed by atoms with Crippen LogP contribution in [0.1, 0.15) is 81.2 Å². The molecule has 0 aliphatic carbocycles. The summed E-state index contributed by atoms with van der Waals surface area (Å²) < 4.78 is 0. The number of fused-ring (bicyclic) bond motifs is 1. The molecule has 5 amide bonds. The quantitative estimate of drug-likeness (QED) is 0.356. The monoisotopic (exact) mass is 802 g/mol. The standard InChI is InChI=1S/C44H47ClN8O5/c1-27-22-44(26-52(27)36-10-5-30(23-46)39(45)28(36)2)13-15-48(16-14-44)31-6-3-29(4-7-31)41(56)50-19-17-49(18-20-50)33-24-51(25-33)32-8-9-34-35(21-32)43(58)53(42(34)57)37-11-12-38(54)47-40(37)55/h3-10,21,27,33,37H,11-20,22,24-26H2,1-2H3,(H,47,54,55). The minimum atomic E-state index is -0.983. The number of nitriles is 1. The van der Waals surface area contributed by atoms with Gasteiger partial charge in [0.2, 0.25) is 11.8 Å². The highest BCUT2D eigenvalue weighted by atomic mass is 35.5. The molecule has 3 aromatic carbocycles. The van der Waals surface area contributed by atoms with E-state index in [9.17, 15) is 29.2 Å². The number of nitrogens with zero attached hydrogens (tertiary/aromatic N) is 7. The second-order valence-electron chi connectivity index (χ2n) is 17.0. The summed E-state index contributed by atoms with van der Waals surface area (Å²) in [5.41, 5.74) is 6.13. The van der Waals surface area contributed by atoms with E-state index in [-0.39, 0.29) is 35.3 Å². The molecule has 300 valence electrons. The van der Waals surface area contributed by atoms with Crippen LogP contribution >= 0.6 is 11.6 Å². The molecule has 6 aliphatic rings. The third-order valence-corrected chi connectivity index (χ3v) is 14.1. The molecular weight excluding hydrogens is 756 g/mol. The van der Waals surface area contributed by atoms with Crippen LogP contribution in [0.5, 0.6) is 0 Å². The number of nitrogens with one attached hydrogen (secondary N) is 1. The zero-order valence-electron chi connectivity index (χ0n) is 32.9. The van der Waals surface area contributed by atoms with Crippen LogP contribution in [0.2, 0.25) is 5.02 Å². The van der Waals surface area contributed by atoms with Crippen LogP contribution in [-0.2, 0) is 9.59 Å². The Labute approximate surface area is 343 Å². The topological polar surface area (TPSA) is 141 Å². The number of carbonyl (C=O) groups is 5. The molecule has 9 rings (SSSR count). The van der Waals surface area contributed by atoms with Crippen LogP contribution in [0.25, 0.3) is 0 Å². The molecule has 6 heterocycles. The van der Waals surface area contributed by atoms with Crippen molar-refractivity contribution >= 4 is 58.2 Å². The van der Waals surface area contributed by atoms with E-state index in [1.807, 2.05) is 42.2 Å². The van der Waals surface area contributed by atoms with Crippen molar-refractivity contribution in [3.63, 3.8) is 0 Å². The Morgan fingerprint density at radius 2 is 1.55 bits per heavy atom. The Balaban J connectivity index is 0.744. The van der Waals surface area contributed by atoms with Gasteiger partial charge in [0.25, 0.3) is 17.7 Å². The van der Waals surface area contributed by atoms with Crippen molar-refractivity contribution in [2.45, 2.75) is 64.1 Å². The zero-order chi connectivity index (χ0) is 40.5. The summed E-state index contributed by atoms with van der Waals surface area (Å²) in [4.78, 5) is 76.5. The number of hydrogen-bond acceptors (Lipinski definition) is 10. The molecule has 6 aliphatic heterocycles. The first kappa shape index (κ1) is 38.1. The van der Waals surface area contributed by atoms with E-state index in [4.69, 9.17) is 11.6 Å². The van der Waals surface area contributed by atoms with Gasteiger partial charge in [-0.3, -0.25) is 39.1 Å². The van der Waals surface area contributed by atoms with Crippen LogP contribution < -0.4 is 20.0 Å². The lowest BCUT2D eigenvalue weighted by Crippen LogP contribution is -2.63. The zero-order valence-corrected chi connectivity index (χ0v) is 33.6. The highest BCUT2D eigenvalue weighted by Gasteiger charge is 2.46. The van der Waals surface area contributed by atoms with Crippen molar-refractivity contribution in [1.82, 2.24) is 20.0 Å². The van der Waals surface area contributed by atoms with Gasteiger partial charge >= 0.3 is 0 Å². The van der Waals surface area contributed by atoms with Crippen molar-refractivity contribution in [3.8, 4) is 6.07 Å². The second-order valence-corrected chi connectivity index (χ2v) is 17.3. The predicted molar refractivity (Wildman–Crippen MR) is 219 cm³/mol. The SMILES string of the molecule is Cc1c(N2CC3(CCN(c4ccc(C(=O)N5CCN(C6CN(c7ccc8c(c7)C(=O)N(C7CCC(=O)NC7=O)C8=O)C6)CC5)cc4)CC3)CC2C)ccc(C#N)c1Cl. The van der Waals surface area contributed by atoms with Gasteiger partial charge in [-0.15, -0.1) is 0 Å². The highest BCUT2D eigenvalue weighted by molar-refractivity contribution is 6.33. The van der Waals surface area contributed by atoms with Gasteiger partial charge < -0.3 is 19.6 Å². The molecular formula is C44H47ClN8O5. The fourth-order valence-corrected chi connectivity index (χ4v) is 10.4. The summed E-state index contributed by atoms with van der Waals surface area (Å²) in [5.74, 6) is -1.96. The molecule has 5 saturated heterocycles.